The van der Waals surface area contributed by atoms with Gasteiger partial charge in [0.25, 0.3) is 5.56 Å². The van der Waals surface area contributed by atoms with Gasteiger partial charge in [-0.2, -0.15) is 11.8 Å². The number of carbonyl (C=O) groups excluding carboxylic acids is 1. The Morgan fingerprint density at radius 2 is 2.06 bits per heavy atom. The molecule has 2 aromatic heterocycles. The minimum atomic E-state index is -0.0557. The van der Waals surface area contributed by atoms with Crippen LogP contribution in [0.2, 0.25) is 0 Å². The number of aromatic nitrogens is 2. The van der Waals surface area contributed by atoms with Gasteiger partial charge in [0.05, 0.1) is 17.2 Å². The van der Waals surface area contributed by atoms with Crippen LogP contribution in [0, 0.1) is 0 Å². The van der Waals surface area contributed by atoms with Gasteiger partial charge in [0.2, 0.25) is 5.91 Å². The summed E-state index contributed by atoms with van der Waals surface area (Å²) in [6, 6.07) is 14.4. The molecule has 0 spiro atoms. The average Bonchev–Trinajstić information content (AvgIpc) is 3.37. The van der Waals surface area contributed by atoms with Gasteiger partial charge in [-0.1, -0.05) is 42.5 Å². The van der Waals surface area contributed by atoms with Gasteiger partial charge < -0.3 is 10.3 Å². The maximum atomic E-state index is 12.5. The quantitative estimate of drug-likeness (QED) is 0.373. The lowest BCUT2D eigenvalue weighted by atomic mass is 9.99. The summed E-state index contributed by atoms with van der Waals surface area (Å²) in [6.07, 6.45) is 3.61. The van der Waals surface area contributed by atoms with Crippen molar-refractivity contribution in [3.8, 4) is 0 Å². The second-order valence-corrected chi connectivity index (χ2v) is 10.4. The third-order valence-electron chi connectivity index (χ3n) is 6.00. The summed E-state index contributed by atoms with van der Waals surface area (Å²) in [6.45, 7) is 2.02. The van der Waals surface area contributed by atoms with Crippen LogP contribution in [0.1, 0.15) is 47.6 Å². The number of aromatic amines is 1. The smallest absolute Gasteiger partial charge is 0.259 e. The number of aryl methyl sites for hydroxylation is 2. The topological polar surface area (TPSA) is 74.8 Å². The fourth-order valence-corrected chi connectivity index (χ4v) is 6.55. The Kier molecular flexibility index (Phi) is 6.02. The third-order valence-corrected chi connectivity index (χ3v) is 8.16. The molecule has 0 saturated carbocycles. The van der Waals surface area contributed by atoms with Crippen LogP contribution in [0.4, 0.5) is 0 Å². The molecule has 1 unspecified atom stereocenters. The van der Waals surface area contributed by atoms with Crippen LogP contribution < -0.4 is 10.9 Å². The van der Waals surface area contributed by atoms with Gasteiger partial charge in [-0.05, 0) is 48.1 Å². The molecule has 7 heteroatoms. The first-order chi connectivity index (χ1) is 15.6. The Hall–Kier alpha value is -2.64. The molecule has 0 aliphatic heterocycles. The summed E-state index contributed by atoms with van der Waals surface area (Å²) in [5, 5.41) is 6.25. The van der Waals surface area contributed by atoms with E-state index in [1.54, 1.807) is 23.1 Å². The van der Waals surface area contributed by atoms with Crippen molar-refractivity contribution in [2.24, 2.45) is 0 Å². The highest BCUT2D eigenvalue weighted by Gasteiger charge is 2.21. The van der Waals surface area contributed by atoms with Gasteiger partial charge in [-0.15, -0.1) is 11.3 Å². The van der Waals surface area contributed by atoms with E-state index in [0.717, 1.165) is 35.0 Å². The molecule has 1 atom stereocenters. The van der Waals surface area contributed by atoms with Gasteiger partial charge in [0.15, 0.2) is 0 Å². The van der Waals surface area contributed by atoms with Crippen molar-refractivity contribution in [3.63, 3.8) is 0 Å². The summed E-state index contributed by atoms with van der Waals surface area (Å²) in [4.78, 5) is 34.8. The molecule has 5 rings (SSSR count). The number of nitrogens with one attached hydrogen (secondary N) is 2. The Bertz CT molecular complexity index is 1350. The lowest BCUT2D eigenvalue weighted by molar-refractivity contribution is -0.121. The third kappa shape index (κ3) is 4.19. The minimum Gasteiger partial charge on any atom is -0.350 e. The summed E-state index contributed by atoms with van der Waals surface area (Å²) < 4.78 is 0. The normalized spacial score (nSPS) is 14.0. The number of nitrogens with zero attached hydrogens (tertiary/aromatic N) is 1. The van der Waals surface area contributed by atoms with E-state index in [4.69, 9.17) is 0 Å². The van der Waals surface area contributed by atoms with E-state index in [1.807, 2.05) is 25.1 Å². The molecule has 1 amide bonds. The van der Waals surface area contributed by atoms with Gasteiger partial charge in [0, 0.05) is 17.1 Å². The molecular formula is C25H25N3O2S2. The zero-order valence-electron chi connectivity index (χ0n) is 17.9. The Morgan fingerprint density at radius 3 is 2.97 bits per heavy atom. The molecule has 0 bridgehead atoms. The zero-order chi connectivity index (χ0) is 22.1. The molecule has 0 radical (unpaired) electrons. The standard InChI is InChI=1S/C25H25N3O2S2/c1-15(17-9-4-7-16-6-2-3-8-18(16)17)26-22(29)12-13-31-14-21-27-24(30)23-19-10-5-11-20(19)32-25(23)28-21/h2-4,6-9,15H,5,10-14H2,1H3,(H,26,29)(H,27,28,30). The highest BCUT2D eigenvalue weighted by atomic mass is 32.2. The number of hydrogen-bond donors (Lipinski definition) is 2. The van der Waals surface area contributed by atoms with E-state index in [2.05, 4.69) is 39.6 Å². The molecule has 0 saturated heterocycles. The Balaban J connectivity index is 1.16. The van der Waals surface area contributed by atoms with Crippen LogP contribution in [0.3, 0.4) is 0 Å². The number of rotatable bonds is 7. The van der Waals surface area contributed by atoms with E-state index in [0.29, 0.717) is 23.8 Å². The van der Waals surface area contributed by atoms with Crippen LogP contribution in [0.25, 0.3) is 21.0 Å². The number of carbonyl (C=O) groups is 1. The van der Waals surface area contributed by atoms with Gasteiger partial charge >= 0.3 is 0 Å². The van der Waals surface area contributed by atoms with E-state index < -0.39 is 0 Å². The average molecular weight is 464 g/mol. The number of hydrogen-bond acceptors (Lipinski definition) is 5. The number of H-pyrrole nitrogens is 1. The fraction of sp³-hybridized carbons (Fsp3) is 0.320. The first-order valence-corrected chi connectivity index (χ1v) is 13.0. The van der Waals surface area contributed by atoms with Crippen molar-refractivity contribution in [1.82, 2.24) is 15.3 Å². The maximum absolute atomic E-state index is 12.5. The monoisotopic (exact) mass is 463 g/mol. The first-order valence-electron chi connectivity index (χ1n) is 11.0. The molecule has 2 aromatic carbocycles. The van der Waals surface area contributed by atoms with Crippen LogP contribution in [0.15, 0.2) is 47.3 Å². The SMILES string of the molecule is CC(NC(=O)CCSCc1nc2sc3c(c2c(=O)[nH]1)CCC3)c1cccc2ccccc12. The van der Waals surface area contributed by atoms with Crippen molar-refractivity contribution in [2.75, 3.05) is 5.75 Å². The highest BCUT2D eigenvalue weighted by molar-refractivity contribution is 7.98. The zero-order valence-corrected chi connectivity index (χ0v) is 19.6. The minimum absolute atomic E-state index is 0.0216. The maximum Gasteiger partial charge on any atom is 0.259 e. The summed E-state index contributed by atoms with van der Waals surface area (Å²) in [5.74, 6) is 2.00. The van der Waals surface area contributed by atoms with Gasteiger partial charge in [0.1, 0.15) is 10.7 Å². The molecule has 0 fully saturated rings. The summed E-state index contributed by atoms with van der Waals surface area (Å²) in [5.41, 5.74) is 2.31. The molecule has 1 aliphatic carbocycles. The molecule has 1 aliphatic rings. The fourth-order valence-electron chi connectivity index (χ4n) is 4.47. The second-order valence-electron chi connectivity index (χ2n) is 8.21. The summed E-state index contributed by atoms with van der Waals surface area (Å²) >= 11 is 3.28. The predicted octanol–water partition coefficient (Wildman–Crippen LogP) is 5.13. The van der Waals surface area contributed by atoms with Crippen molar-refractivity contribution in [3.05, 3.63) is 74.6 Å². The second kappa shape index (κ2) is 9.08. The molecule has 5 nitrogen and oxygen atoms in total. The molecule has 32 heavy (non-hydrogen) atoms. The number of fused-ring (bicyclic) bond motifs is 4. The van der Waals surface area contributed by atoms with Crippen molar-refractivity contribution >= 4 is 50.0 Å². The number of thioether (sulfide) groups is 1. The van der Waals surface area contributed by atoms with Crippen LogP contribution in [-0.2, 0) is 23.4 Å². The molecule has 164 valence electrons. The van der Waals surface area contributed by atoms with E-state index >= 15 is 0 Å². The lowest BCUT2D eigenvalue weighted by Gasteiger charge is -2.16. The lowest BCUT2D eigenvalue weighted by Crippen LogP contribution is -2.27. The van der Waals surface area contributed by atoms with E-state index in [-0.39, 0.29) is 17.5 Å². The van der Waals surface area contributed by atoms with Crippen molar-refractivity contribution < 1.29 is 4.79 Å². The molecule has 4 aromatic rings. The van der Waals surface area contributed by atoms with Crippen LogP contribution in [0.5, 0.6) is 0 Å². The molecular weight excluding hydrogens is 438 g/mol. The molecule has 2 N–H and O–H groups in total. The van der Waals surface area contributed by atoms with Crippen LogP contribution >= 0.6 is 23.1 Å². The van der Waals surface area contributed by atoms with Crippen LogP contribution in [-0.4, -0.2) is 21.6 Å². The largest absolute Gasteiger partial charge is 0.350 e. The Morgan fingerprint density at radius 1 is 1.22 bits per heavy atom. The summed E-state index contributed by atoms with van der Waals surface area (Å²) in [7, 11) is 0. The Labute approximate surface area is 194 Å². The number of thiophene rings is 1. The van der Waals surface area contributed by atoms with Gasteiger partial charge in [-0.3, -0.25) is 9.59 Å². The predicted molar refractivity (Wildman–Crippen MR) is 134 cm³/mol. The first kappa shape index (κ1) is 21.2. The molecule has 2 heterocycles. The van der Waals surface area contributed by atoms with Crippen molar-refractivity contribution in [2.45, 2.75) is 44.4 Å². The number of amides is 1. The number of benzene rings is 2. The van der Waals surface area contributed by atoms with Crippen molar-refractivity contribution in [1.29, 1.82) is 0 Å². The highest BCUT2D eigenvalue weighted by Crippen LogP contribution is 2.34. The van der Waals surface area contributed by atoms with E-state index in [1.165, 1.54) is 21.2 Å². The van der Waals surface area contributed by atoms with E-state index in [9.17, 15) is 9.59 Å². The van der Waals surface area contributed by atoms with Gasteiger partial charge in [-0.25, -0.2) is 4.98 Å².